The van der Waals surface area contributed by atoms with Crippen molar-refractivity contribution in [3.05, 3.63) is 12.2 Å². The van der Waals surface area contributed by atoms with Crippen LogP contribution in [0.3, 0.4) is 0 Å². The Bertz CT molecular complexity index is 233. The summed E-state index contributed by atoms with van der Waals surface area (Å²) in [6, 6.07) is 0. The second kappa shape index (κ2) is 4.48. The molecule has 5 heteroatoms. The first kappa shape index (κ1) is 11.1. The topological polar surface area (TPSA) is 26.3 Å². The largest absolute Gasteiger partial charge is 0.456 e. The van der Waals surface area contributed by atoms with E-state index >= 15 is 0 Å². The predicted molar refractivity (Wildman–Crippen MR) is 43.5 cm³/mol. The van der Waals surface area contributed by atoms with Gasteiger partial charge in [-0.1, -0.05) is 12.2 Å². The van der Waals surface area contributed by atoms with Crippen molar-refractivity contribution in [3.8, 4) is 0 Å². The Morgan fingerprint density at radius 1 is 1.43 bits per heavy atom. The molecule has 0 aromatic rings. The fraction of sp³-hybridized carbons (Fsp3) is 0.667. The molecule has 0 heterocycles. The first-order valence-electron chi connectivity index (χ1n) is 4.37. The van der Waals surface area contributed by atoms with Crippen molar-refractivity contribution >= 4 is 5.97 Å². The van der Waals surface area contributed by atoms with Gasteiger partial charge in [0.1, 0.15) is 0 Å². The number of rotatable bonds is 2. The van der Waals surface area contributed by atoms with E-state index in [0.29, 0.717) is 12.8 Å². The van der Waals surface area contributed by atoms with Gasteiger partial charge in [0.25, 0.3) is 0 Å². The van der Waals surface area contributed by atoms with Crippen LogP contribution in [0.4, 0.5) is 13.2 Å². The van der Waals surface area contributed by atoms with E-state index in [4.69, 9.17) is 0 Å². The van der Waals surface area contributed by atoms with E-state index in [2.05, 4.69) is 4.74 Å². The summed E-state index contributed by atoms with van der Waals surface area (Å²) in [5, 5.41) is 0. The van der Waals surface area contributed by atoms with E-state index in [1.165, 1.54) is 0 Å². The van der Waals surface area contributed by atoms with Crippen molar-refractivity contribution in [3.63, 3.8) is 0 Å². The van der Waals surface area contributed by atoms with E-state index in [1.807, 2.05) is 6.08 Å². The molecule has 80 valence electrons. The van der Waals surface area contributed by atoms with Gasteiger partial charge in [-0.3, -0.25) is 4.79 Å². The van der Waals surface area contributed by atoms with Gasteiger partial charge in [0, 0.05) is 0 Å². The number of hydrogen-bond donors (Lipinski definition) is 0. The van der Waals surface area contributed by atoms with Gasteiger partial charge >= 0.3 is 12.1 Å². The molecule has 0 bridgehead atoms. The minimum atomic E-state index is -4.43. The Labute approximate surface area is 79.7 Å². The summed E-state index contributed by atoms with van der Waals surface area (Å²) in [6.07, 6.45) is 1.06. The summed E-state index contributed by atoms with van der Waals surface area (Å²) in [4.78, 5) is 11.1. The van der Waals surface area contributed by atoms with Gasteiger partial charge in [-0.05, 0) is 19.3 Å². The lowest BCUT2D eigenvalue weighted by Crippen LogP contribution is -2.25. The molecule has 0 unspecified atom stereocenters. The molecular weight excluding hydrogens is 197 g/mol. The molecule has 0 spiro atoms. The number of esters is 1. The van der Waals surface area contributed by atoms with Gasteiger partial charge in [0.05, 0.1) is 5.92 Å². The molecule has 0 saturated heterocycles. The van der Waals surface area contributed by atoms with Crippen molar-refractivity contribution in [2.75, 3.05) is 6.61 Å². The van der Waals surface area contributed by atoms with Crippen LogP contribution >= 0.6 is 0 Å². The number of ether oxygens (including phenoxy) is 1. The van der Waals surface area contributed by atoms with Crippen LogP contribution in [-0.2, 0) is 9.53 Å². The van der Waals surface area contributed by atoms with E-state index in [0.717, 1.165) is 6.42 Å². The zero-order chi connectivity index (χ0) is 10.6. The normalized spacial score (nSPS) is 22.1. The van der Waals surface area contributed by atoms with Crippen molar-refractivity contribution in [2.24, 2.45) is 5.92 Å². The molecule has 14 heavy (non-hydrogen) atoms. The van der Waals surface area contributed by atoms with Gasteiger partial charge in [0.2, 0.25) is 0 Å². The molecule has 1 aliphatic rings. The molecule has 1 aliphatic carbocycles. The number of hydrogen-bond acceptors (Lipinski definition) is 2. The molecule has 0 aliphatic heterocycles. The van der Waals surface area contributed by atoms with Crippen molar-refractivity contribution in [2.45, 2.75) is 25.4 Å². The smallest absolute Gasteiger partial charge is 0.422 e. The summed E-state index contributed by atoms with van der Waals surface area (Å²) < 4.78 is 39.2. The summed E-state index contributed by atoms with van der Waals surface area (Å²) >= 11 is 0. The standard InChI is InChI=1S/C9H11F3O2/c10-9(11,12)6-14-8(13)7-4-2-1-3-5-7/h1-2,7H,3-6H2/t7-/m0/s1. The van der Waals surface area contributed by atoms with Gasteiger partial charge in [-0.15, -0.1) is 0 Å². The highest BCUT2D eigenvalue weighted by molar-refractivity contribution is 5.72. The molecule has 0 saturated carbocycles. The zero-order valence-electron chi connectivity index (χ0n) is 7.51. The Balaban J connectivity index is 2.31. The first-order chi connectivity index (χ1) is 6.49. The average Bonchev–Trinajstić information content (AvgIpc) is 2.14. The van der Waals surface area contributed by atoms with Crippen LogP contribution in [0.1, 0.15) is 19.3 Å². The third-order valence-corrected chi connectivity index (χ3v) is 1.98. The Morgan fingerprint density at radius 2 is 2.14 bits per heavy atom. The molecule has 0 aromatic heterocycles. The number of halogens is 3. The molecule has 0 amide bonds. The number of allylic oxidation sites excluding steroid dienone is 2. The van der Waals surface area contributed by atoms with Crippen LogP contribution in [0, 0.1) is 5.92 Å². The third kappa shape index (κ3) is 3.81. The Morgan fingerprint density at radius 3 is 2.64 bits per heavy atom. The number of carbonyl (C=O) groups excluding carboxylic acids is 1. The molecular formula is C9H11F3O2. The minimum Gasteiger partial charge on any atom is -0.456 e. The number of alkyl halides is 3. The fourth-order valence-electron chi connectivity index (χ4n) is 1.28. The first-order valence-corrected chi connectivity index (χ1v) is 4.37. The lowest BCUT2D eigenvalue weighted by atomic mass is 9.95. The zero-order valence-corrected chi connectivity index (χ0v) is 7.51. The lowest BCUT2D eigenvalue weighted by molar-refractivity contribution is -0.189. The average molecular weight is 208 g/mol. The lowest BCUT2D eigenvalue weighted by Gasteiger charge is -2.16. The fourth-order valence-corrected chi connectivity index (χ4v) is 1.28. The van der Waals surface area contributed by atoms with E-state index < -0.39 is 24.7 Å². The van der Waals surface area contributed by atoms with E-state index in [1.54, 1.807) is 6.08 Å². The molecule has 0 fully saturated rings. The van der Waals surface area contributed by atoms with Crippen LogP contribution in [0.15, 0.2) is 12.2 Å². The van der Waals surface area contributed by atoms with Crippen LogP contribution < -0.4 is 0 Å². The number of carbonyl (C=O) groups is 1. The van der Waals surface area contributed by atoms with E-state index in [9.17, 15) is 18.0 Å². The Kier molecular flexibility index (Phi) is 3.55. The second-order valence-electron chi connectivity index (χ2n) is 3.20. The summed E-state index contributed by atoms with van der Waals surface area (Å²) in [6.45, 7) is -1.48. The molecule has 0 aromatic carbocycles. The highest BCUT2D eigenvalue weighted by Gasteiger charge is 2.31. The van der Waals surface area contributed by atoms with Crippen LogP contribution in [-0.4, -0.2) is 18.8 Å². The van der Waals surface area contributed by atoms with Crippen LogP contribution in [0.2, 0.25) is 0 Å². The van der Waals surface area contributed by atoms with Crippen molar-refractivity contribution in [1.29, 1.82) is 0 Å². The van der Waals surface area contributed by atoms with Gasteiger partial charge < -0.3 is 4.74 Å². The quantitative estimate of drug-likeness (QED) is 0.514. The summed E-state index contributed by atoms with van der Waals surface area (Å²) in [5.41, 5.74) is 0. The van der Waals surface area contributed by atoms with Crippen molar-refractivity contribution in [1.82, 2.24) is 0 Å². The maximum Gasteiger partial charge on any atom is 0.422 e. The monoisotopic (exact) mass is 208 g/mol. The minimum absolute atomic E-state index is 0.401. The van der Waals surface area contributed by atoms with E-state index in [-0.39, 0.29) is 0 Å². The highest BCUT2D eigenvalue weighted by atomic mass is 19.4. The molecule has 1 rings (SSSR count). The maximum atomic E-state index is 11.7. The summed E-state index contributed by atoms with van der Waals surface area (Å²) in [5.74, 6) is -1.14. The maximum absolute atomic E-state index is 11.7. The SMILES string of the molecule is O=C(OCC(F)(F)F)[C@H]1CC=CCC1. The summed E-state index contributed by atoms with van der Waals surface area (Å²) in [7, 11) is 0. The van der Waals surface area contributed by atoms with Gasteiger partial charge in [-0.25, -0.2) is 0 Å². The molecule has 1 atom stereocenters. The molecule has 0 radical (unpaired) electrons. The van der Waals surface area contributed by atoms with Crippen LogP contribution in [0.25, 0.3) is 0 Å². The molecule has 2 nitrogen and oxygen atoms in total. The van der Waals surface area contributed by atoms with Gasteiger partial charge in [0.15, 0.2) is 6.61 Å². The second-order valence-corrected chi connectivity index (χ2v) is 3.20. The van der Waals surface area contributed by atoms with Crippen LogP contribution in [0.5, 0.6) is 0 Å². The molecule has 0 N–H and O–H groups in total. The van der Waals surface area contributed by atoms with Crippen molar-refractivity contribution < 1.29 is 22.7 Å². The highest BCUT2D eigenvalue weighted by Crippen LogP contribution is 2.21. The third-order valence-electron chi connectivity index (χ3n) is 1.98. The van der Waals surface area contributed by atoms with Gasteiger partial charge in [-0.2, -0.15) is 13.2 Å². The predicted octanol–water partition coefficient (Wildman–Crippen LogP) is 2.45. The Hall–Kier alpha value is -1.00.